The molecule has 14 heteroatoms. The summed E-state index contributed by atoms with van der Waals surface area (Å²) in [6.45, 7) is 4.36. The van der Waals surface area contributed by atoms with Crippen LogP contribution in [0, 0.1) is 11.7 Å². The number of likely N-dealkylation sites (tertiary alicyclic amines) is 2. The first-order chi connectivity index (χ1) is 22.9. The third-order valence-corrected chi connectivity index (χ3v) is 9.74. The van der Waals surface area contributed by atoms with Crippen LogP contribution in [0.1, 0.15) is 60.3 Å². The standard InChI is InChI=1S/C34H33ClF4N6O3/c1-33(25-7-6-23(35)16-26(25)36)47-28-5-3-4-24(29(28)48-33)19-9-12-45(13-10-19)18-27-21(14-20-8-11-44(2)31(20)46)15-22(17-40-27)30-41-32(43-42-30)34(37,38)39/h3-7,15-17,19-20H,8-14,18H2,1-2H3,(H,41,42,43)/t20?,33-/m0/s1. The van der Waals surface area contributed by atoms with Crippen LogP contribution in [0.15, 0.2) is 48.7 Å². The number of fused-ring (bicyclic) bond motifs is 1. The molecule has 0 radical (unpaired) electrons. The Hall–Kier alpha value is -4.23. The van der Waals surface area contributed by atoms with Crippen molar-refractivity contribution in [3.05, 3.63) is 87.7 Å². The number of nitrogens with one attached hydrogen (secondary N) is 1. The van der Waals surface area contributed by atoms with Crippen molar-refractivity contribution in [3.63, 3.8) is 0 Å². The van der Waals surface area contributed by atoms with Gasteiger partial charge in [0.1, 0.15) is 5.82 Å². The minimum absolute atomic E-state index is 0.0425. The molecule has 2 fully saturated rings. The van der Waals surface area contributed by atoms with Crippen LogP contribution in [0.2, 0.25) is 5.02 Å². The molecule has 1 unspecified atom stereocenters. The van der Waals surface area contributed by atoms with Gasteiger partial charge in [0.2, 0.25) is 11.7 Å². The number of nitrogens with zero attached hydrogens (tertiary/aromatic N) is 5. The number of carbonyl (C=O) groups excluding carboxylic acids is 1. The summed E-state index contributed by atoms with van der Waals surface area (Å²) in [5.41, 5.74) is 3.17. The summed E-state index contributed by atoms with van der Waals surface area (Å²) in [6, 6.07) is 11.9. The highest BCUT2D eigenvalue weighted by Gasteiger charge is 2.43. The minimum Gasteiger partial charge on any atom is -0.444 e. The third-order valence-electron chi connectivity index (χ3n) is 9.51. The van der Waals surface area contributed by atoms with Gasteiger partial charge in [-0.1, -0.05) is 23.7 Å². The monoisotopic (exact) mass is 684 g/mol. The molecule has 0 saturated carbocycles. The number of amides is 1. The maximum Gasteiger partial charge on any atom is 0.451 e. The Labute approximate surface area is 279 Å². The molecule has 3 aliphatic rings. The summed E-state index contributed by atoms with van der Waals surface area (Å²) < 4.78 is 66.9. The number of hydrogen-bond acceptors (Lipinski definition) is 7. The topological polar surface area (TPSA) is 96.5 Å². The predicted molar refractivity (Wildman–Crippen MR) is 168 cm³/mol. The van der Waals surface area contributed by atoms with E-state index in [1.807, 2.05) is 23.3 Å². The van der Waals surface area contributed by atoms with Crippen molar-refractivity contribution >= 4 is 17.5 Å². The first kappa shape index (κ1) is 32.3. The molecular formula is C34H33ClF4N6O3. The lowest BCUT2D eigenvalue weighted by atomic mass is 9.88. The fourth-order valence-corrected chi connectivity index (χ4v) is 7.06. The fraction of sp³-hybridized carbons (Fsp3) is 0.412. The second kappa shape index (κ2) is 12.3. The Morgan fingerprint density at radius 2 is 1.88 bits per heavy atom. The van der Waals surface area contributed by atoms with E-state index in [-0.39, 0.29) is 34.2 Å². The van der Waals surface area contributed by atoms with Crippen LogP contribution < -0.4 is 9.47 Å². The van der Waals surface area contributed by atoms with Crippen LogP contribution >= 0.6 is 11.6 Å². The predicted octanol–water partition coefficient (Wildman–Crippen LogP) is 6.72. The van der Waals surface area contributed by atoms with Gasteiger partial charge in [-0.2, -0.15) is 18.3 Å². The van der Waals surface area contributed by atoms with E-state index < -0.39 is 23.6 Å². The molecular weight excluding hydrogens is 652 g/mol. The molecule has 2 aromatic carbocycles. The number of aromatic nitrogens is 4. The zero-order chi connectivity index (χ0) is 33.8. The number of para-hydroxylation sites is 1. The van der Waals surface area contributed by atoms with Crippen molar-refractivity contribution in [2.45, 2.75) is 57.0 Å². The molecule has 9 nitrogen and oxygen atoms in total. The van der Waals surface area contributed by atoms with Gasteiger partial charge in [0.15, 0.2) is 17.3 Å². The van der Waals surface area contributed by atoms with Gasteiger partial charge in [0, 0.05) is 55.3 Å². The van der Waals surface area contributed by atoms with E-state index in [2.05, 4.69) is 20.0 Å². The van der Waals surface area contributed by atoms with Crippen LogP contribution in [-0.4, -0.2) is 62.6 Å². The number of ether oxygens (including phenoxy) is 2. The van der Waals surface area contributed by atoms with E-state index in [1.54, 1.807) is 37.1 Å². The lowest BCUT2D eigenvalue weighted by molar-refractivity contribution is -0.144. The van der Waals surface area contributed by atoms with Gasteiger partial charge in [-0.05, 0) is 80.6 Å². The second-order valence-electron chi connectivity index (χ2n) is 12.8. The summed E-state index contributed by atoms with van der Waals surface area (Å²) in [5.74, 6) is -1.98. The highest BCUT2D eigenvalue weighted by Crippen LogP contribution is 2.50. The van der Waals surface area contributed by atoms with Gasteiger partial charge < -0.3 is 14.4 Å². The summed E-state index contributed by atoms with van der Waals surface area (Å²) in [4.78, 5) is 25.1. The maximum absolute atomic E-state index is 14.9. The first-order valence-electron chi connectivity index (χ1n) is 15.8. The largest absolute Gasteiger partial charge is 0.451 e. The highest BCUT2D eigenvalue weighted by molar-refractivity contribution is 6.30. The van der Waals surface area contributed by atoms with Gasteiger partial charge in [0.25, 0.3) is 5.79 Å². The maximum atomic E-state index is 14.9. The smallest absolute Gasteiger partial charge is 0.444 e. The van der Waals surface area contributed by atoms with Gasteiger partial charge in [-0.15, -0.1) is 0 Å². The normalized spacial score (nSPS) is 21.8. The third kappa shape index (κ3) is 6.21. The second-order valence-corrected chi connectivity index (χ2v) is 13.2. The summed E-state index contributed by atoms with van der Waals surface area (Å²) >= 11 is 5.97. The highest BCUT2D eigenvalue weighted by atomic mass is 35.5. The first-order valence-corrected chi connectivity index (χ1v) is 16.2. The fourth-order valence-electron chi connectivity index (χ4n) is 6.90. The molecule has 2 atom stereocenters. The van der Waals surface area contributed by atoms with Crippen LogP contribution in [0.5, 0.6) is 11.5 Å². The van der Waals surface area contributed by atoms with Gasteiger partial charge >= 0.3 is 6.18 Å². The number of piperidine rings is 1. The number of H-pyrrole nitrogens is 1. The van der Waals surface area contributed by atoms with Crippen molar-refractivity contribution in [3.8, 4) is 22.9 Å². The lowest BCUT2D eigenvalue weighted by Crippen LogP contribution is -2.34. The van der Waals surface area contributed by atoms with Gasteiger partial charge in [0.05, 0.1) is 11.3 Å². The SMILES string of the molecule is CN1CCC(Cc2cc(-c3n[nH]c(C(F)(F)F)n3)cnc2CN2CCC(c3cccc4c3O[C@@](C)(c3ccc(Cl)cc3F)O4)CC2)C1=O. The van der Waals surface area contributed by atoms with E-state index in [0.717, 1.165) is 42.8 Å². The molecule has 48 heavy (non-hydrogen) atoms. The van der Waals surface area contributed by atoms with Crippen molar-refractivity contribution in [2.24, 2.45) is 5.92 Å². The molecule has 0 bridgehead atoms. The summed E-state index contributed by atoms with van der Waals surface area (Å²) in [6.07, 6.45) is -0.400. The number of halogens is 5. The zero-order valence-electron chi connectivity index (χ0n) is 26.3. The van der Waals surface area contributed by atoms with Crippen molar-refractivity contribution in [2.75, 3.05) is 26.7 Å². The molecule has 252 valence electrons. The van der Waals surface area contributed by atoms with E-state index in [0.29, 0.717) is 43.0 Å². The molecule has 2 saturated heterocycles. The van der Waals surface area contributed by atoms with E-state index >= 15 is 0 Å². The van der Waals surface area contributed by atoms with Gasteiger partial charge in [-0.3, -0.25) is 19.8 Å². The van der Waals surface area contributed by atoms with Crippen molar-refractivity contribution < 1.29 is 31.8 Å². The summed E-state index contributed by atoms with van der Waals surface area (Å²) in [7, 11) is 1.77. The lowest BCUT2D eigenvalue weighted by Gasteiger charge is -2.33. The number of benzene rings is 2. The number of alkyl halides is 3. The molecule has 1 N–H and O–H groups in total. The molecule has 0 aliphatic carbocycles. The number of aromatic amines is 1. The van der Waals surface area contributed by atoms with E-state index in [9.17, 15) is 22.4 Å². The van der Waals surface area contributed by atoms with Crippen LogP contribution in [-0.2, 0) is 29.7 Å². The molecule has 2 aromatic heterocycles. The average molecular weight is 685 g/mol. The Bertz CT molecular complexity index is 1860. The Balaban J connectivity index is 1.07. The number of carbonyl (C=O) groups is 1. The Kier molecular flexibility index (Phi) is 8.31. The zero-order valence-corrected chi connectivity index (χ0v) is 27.0. The summed E-state index contributed by atoms with van der Waals surface area (Å²) in [5, 5.41) is 6.02. The quantitative estimate of drug-likeness (QED) is 0.216. The number of pyridine rings is 1. The van der Waals surface area contributed by atoms with Crippen LogP contribution in [0.4, 0.5) is 17.6 Å². The number of rotatable bonds is 7. The van der Waals surface area contributed by atoms with Gasteiger partial charge in [-0.25, -0.2) is 9.37 Å². The molecule has 4 aromatic rings. The van der Waals surface area contributed by atoms with E-state index in [4.69, 9.17) is 21.1 Å². The van der Waals surface area contributed by atoms with E-state index in [1.165, 1.54) is 12.3 Å². The van der Waals surface area contributed by atoms with Crippen molar-refractivity contribution in [1.82, 2.24) is 30.0 Å². The van der Waals surface area contributed by atoms with Crippen LogP contribution in [0.3, 0.4) is 0 Å². The molecule has 0 spiro atoms. The average Bonchev–Trinajstić information content (AvgIpc) is 3.76. The van der Waals surface area contributed by atoms with Crippen molar-refractivity contribution in [1.29, 1.82) is 0 Å². The molecule has 1 amide bonds. The molecule has 3 aliphatic heterocycles. The van der Waals surface area contributed by atoms with Crippen LogP contribution in [0.25, 0.3) is 11.4 Å². The Morgan fingerprint density at radius 3 is 2.56 bits per heavy atom. The Morgan fingerprint density at radius 1 is 1.08 bits per heavy atom. The minimum atomic E-state index is -4.65. The molecule has 7 rings (SSSR count). The number of hydrogen-bond donors (Lipinski definition) is 1. The molecule has 5 heterocycles.